The first-order chi connectivity index (χ1) is 8.17. The summed E-state index contributed by atoms with van der Waals surface area (Å²) in [5.41, 5.74) is 2.27. The summed E-state index contributed by atoms with van der Waals surface area (Å²) in [5, 5.41) is 10.1. The lowest BCUT2D eigenvalue weighted by molar-refractivity contribution is 0.143. The lowest BCUT2D eigenvalue weighted by Crippen LogP contribution is -2.26. The number of hydrogen-bond donors (Lipinski definition) is 1. The van der Waals surface area contributed by atoms with Crippen LogP contribution in [0.4, 0.5) is 0 Å². The van der Waals surface area contributed by atoms with Gasteiger partial charge in [-0.15, -0.1) is 0 Å². The van der Waals surface area contributed by atoms with E-state index in [-0.39, 0.29) is 6.10 Å². The molecule has 0 heterocycles. The lowest BCUT2D eigenvalue weighted by atomic mass is 10.0. The van der Waals surface area contributed by atoms with Gasteiger partial charge in [-0.3, -0.25) is 0 Å². The zero-order chi connectivity index (χ0) is 12.7. The Hall–Kier alpha value is -0.860. The summed E-state index contributed by atoms with van der Waals surface area (Å²) in [6, 6.07) is 8.16. The van der Waals surface area contributed by atoms with Crippen LogP contribution in [0.15, 0.2) is 24.3 Å². The molecular weight excluding hydrogens is 210 g/mol. The van der Waals surface area contributed by atoms with Crippen LogP contribution in [-0.4, -0.2) is 29.6 Å². The van der Waals surface area contributed by atoms with Crippen molar-refractivity contribution in [2.75, 3.05) is 19.6 Å². The Kier molecular flexibility index (Phi) is 6.23. The van der Waals surface area contributed by atoms with Crippen molar-refractivity contribution in [1.29, 1.82) is 0 Å². The number of hydrogen-bond acceptors (Lipinski definition) is 2. The highest BCUT2D eigenvalue weighted by atomic mass is 16.3. The predicted octanol–water partition coefficient (Wildman–Crippen LogP) is 3.15. The number of nitrogens with zero attached hydrogens (tertiary/aromatic N) is 1. The van der Waals surface area contributed by atoms with Crippen LogP contribution in [0.1, 0.15) is 43.9 Å². The van der Waals surface area contributed by atoms with Crippen molar-refractivity contribution in [3.05, 3.63) is 35.4 Å². The Balaban J connectivity index is 2.43. The summed E-state index contributed by atoms with van der Waals surface area (Å²) in [5.74, 6) is 0. The first-order valence-electron chi connectivity index (χ1n) is 6.64. The average Bonchev–Trinajstić information content (AvgIpc) is 2.35. The van der Waals surface area contributed by atoms with Crippen molar-refractivity contribution in [3.8, 4) is 0 Å². The predicted molar refractivity (Wildman–Crippen MR) is 73.2 cm³/mol. The molecule has 96 valence electrons. The smallest absolute Gasteiger partial charge is 0.0802 e. The van der Waals surface area contributed by atoms with Gasteiger partial charge in [0.05, 0.1) is 6.10 Å². The van der Waals surface area contributed by atoms with Crippen LogP contribution in [0.5, 0.6) is 0 Å². The van der Waals surface area contributed by atoms with E-state index in [0.717, 1.165) is 31.6 Å². The summed E-state index contributed by atoms with van der Waals surface area (Å²) >= 11 is 0. The van der Waals surface area contributed by atoms with Crippen LogP contribution in [0.3, 0.4) is 0 Å². The zero-order valence-corrected chi connectivity index (χ0v) is 11.3. The summed E-state index contributed by atoms with van der Waals surface area (Å²) < 4.78 is 0. The molecule has 2 heteroatoms. The molecule has 0 saturated heterocycles. The molecule has 1 aromatic rings. The van der Waals surface area contributed by atoms with Gasteiger partial charge in [-0.1, -0.05) is 43.7 Å². The fourth-order valence-electron chi connectivity index (χ4n) is 2.00. The first-order valence-corrected chi connectivity index (χ1v) is 6.64. The molecule has 0 saturated carbocycles. The summed E-state index contributed by atoms with van der Waals surface area (Å²) in [6.45, 7) is 9.59. The maximum absolute atomic E-state index is 10.1. The maximum atomic E-state index is 10.1. The van der Waals surface area contributed by atoms with E-state index in [1.165, 1.54) is 12.0 Å². The minimum absolute atomic E-state index is 0.332. The number of aliphatic hydroxyl groups excluding tert-OH is 1. The third kappa shape index (κ3) is 4.88. The molecule has 0 radical (unpaired) electrons. The number of aliphatic hydroxyl groups is 1. The zero-order valence-electron chi connectivity index (χ0n) is 11.3. The molecule has 1 N–H and O–H groups in total. The van der Waals surface area contributed by atoms with Gasteiger partial charge in [0.2, 0.25) is 0 Å². The van der Waals surface area contributed by atoms with Crippen molar-refractivity contribution in [2.24, 2.45) is 0 Å². The molecule has 0 bridgehead atoms. The quantitative estimate of drug-likeness (QED) is 0.785. The highest BCUT2D eigenvalue weighted by Gasteiger charge is 2.09. The second-order valence-corrected chi connectivity index (χ2v) is 4.65. The Labute approximate surface area is 105 Å². The molecule has 0 aliphatic heterocycles. The average molecular weight is 235 g/mol. The topological polar surface area (TPSA) is 23.5 Å². The second kappa shape index (κ2) is 7.46. The highest BCUT2D eigenvalue weighted by molar-refractivity contribution is 5.22. The first kappa shape index (κ1) is 14.2. The minimum atomic E-state index is -0.332. The van der Waals surface area contributed by atoms with Gasteiger partial charge in [-0.05, 0) is 38.4 Å². The van der Waals surface area contributed by atoms with Crippen LogP contribution in [0, 0.1) is 6.92 Å². The highest BCUT2D eigenvalue weighted by Crippen LogP contribution is 2.17. The standard InChI is InChI=1S/C15H25NO/c1-4-11-16(5-2)12-10-15(17)14-8-6-13(3)7-9-14/h6-9,15,17H,4-5,10-12H2,1-3H3. The molecular formula is C15H25NO. The van der Waals surface area contributed by atoms with E-state index in [4.69, 9.17) is 0 Å². The molecule has 0 fully saturated rings. The molecule has 1 unspecified atom stereocenters. The van der Waals surface area contributed by atoms with Gasteiger partial charge in [-0.25, -0.2) is 0 Å². The summed E-state index contributed by atoms with van der Waals surface area (Å²) in [4.78, 5) is 2.39. The normalized spacial score (nSPS) is 13.0. The number of rotatable bonds is 7. The SMILES string of the molecule is CCCN(CC)CCC(O)c1ccc(C)cc1. The van der Waals surface area contributed by atoms with Crippen LogP contribution in [0.2, 0.25) is 0 Å². The largest absolute Gasteiger partial charge is 0.388 e. The lowest BCUT2D eigenvalue weighted by Gasteiger charge is -2.21. The maximum Gasteiger partial charge on any atom is 0.0802 e. The van der Waals surface area contributed by atoms with Crippen molar-refractivity contribution in [3.63, 3.8) is 0 Å². The van der Waals surface area contributed by atoms with E-state index in [2.05, 4.69) is 37.8 Å². The van der Waals surface area contributed by atoms with Gasteiger partial charge in [-0.2, -0.15) is 0 Å². The van der Waals surface area contributed by atoms with E-state index in [0.29, 0.717) is 0 Å². The Morgan fingerprint density at radius 2 is 1.76 bits per heavy atom. The van der Waals surface area contributed by atoms with Crippen molar-refractivity contribution < 1.29 is 5.11 Å². The van der Waals surface area contributed by atoms with Gasteiger partial charge in [0.1, 0.15) is 0 Å². The number of aryl methyl sites for hydroxylation is 1. The molecule has 17 heavy (non-hydrogen) atoms. The molecule has 0 spiro atoms. The monoisotopic (exact) mass is 235 g/mol. The third-order valence-electron chi connectivity index (χ3n) is 3.17. The van der Waals surface area contributed by atoms with Crippen LogP contribution in [-0.2, 0) is 0 Å². The van der Waals surface area contributed by atoms with Crippen molar-refractivity contribution in [1.82, 2.24) is 4.90 Å². The van der Waals surface area contributed by atoms with Crippen molar-refractivity contribution in [2.45, 2.75) is 39.7 Å². The van der Waals surface area contributed by atoms with Gasteiger partial charge in [0, 0.05) is 6.54 Å². The minimum Gasteiger partial charge on any atom is -0.388 e. The molecule has 0 aliphatic rings. The summed E-state index contributed by atoms with van der Waals surface area (Å²) in [7, 11) is 0. The fraction of sp³-hybridized carbons (Fsp3) is 0.600. The molecule has 0 aliphatic carbocycles. The van der Waals surface area contributed by atoms with Gasteiger partial charge in [0.25, 0.3) is 0 Å². The Morgan fingerprint density at radius 3 is 2.29 bits per heavy atom. The summed E-state index contributed by atoms with van der Waals surface area (Å²) in [6.07, 6.45) is 1.66. The van der Waals surface area contributed by atoms with E-state index in [1.54, 1.807) is 0 Å². The van der Waals surface area contributed by atoms with Gasteiger partial charge >= 0.3 is 0 Å². The van der Waals surface area contributed by atoms with E-state index >= 15 is 0 Å². The molecule has 2 nitrogen and oxygen atoms in total. The molecule has 1 aromatic carbocycles. The van der Waals surface area contributed by atoms with E-state index < -0.39 is 0 Å². The van der Waals surface area contributed by atoms with Gasteiger partial charge < -0.3 is 10.0 Å². The second-order valence-electron chi connectivity index (χ2n) is 4.65. The Bertz CT molecular complexity index is 307. The van der Waals surface area contributed by atoms with Crippen LogP contribution in [0.25, 0.3) is 0 Å². The third-order valence-corrected chi connectivity index (χ3v) is 3.17. The molecule has 0 amide bonds. The van der Waals surface area contributed by atoms with Crippen LogP contribution >= 0.6 is 0 Å². The Morgan fingerprint density at radius 1 is 1.12 bits per heavy atom. The van der Waals surface area contributed by atoms with Crippen molar-refractivity contribution >= 4 is 0 Å². The van der Waals surface area contributed by atoms with E-state index in [1.807, 2.05) is 12.1 Å². The molecule has 1 rings (SSSR count). The van der Waals surface area contributed by atoms with E-state index in [9.17, 15) is 5.11 Å². The van der Waals surface area contributed by atoms with Gasteiger partial charge in [0.15, 0.2) is 0 Å². The van der Waals surface area contributed by atoms with Crippen LogP contribution < -0.4 is 0 Å². The molecule has 0 aromatic heterocycles. The fourth-order valence-corrected chi connectivity index (χ4v) is 2.00. The molecule has 1 atom stereocenters. The number of benzene rings is 1.